The van der Waals surface area contributed by atoms with Gasteiger partial charge < -0.3 is 54.4 Å². The molecule has 0 unspecified atom stereocenters. The first-order valence-corrected chi connectivity index (χ1v) is 27.0. The Hall–Kier alpha value is -5.14. The lowest BCUT2D eigenvalue weighted by Gasteiger charge is -2.34. The number of amides is 4. The Bertz CT molecular complexity index is 1690. The smallest absolute Gasteiger partial charge is 0.306 e. The Labute approximate surface area is 447 Å². The first kappa shape index (κ1) is 67.9. The molecule has 0 fully saturated rings. The molecule has 19 heteroatoms. The van der Waals surface area contributed by atoms with Crippen molar-refractivity contribution in [3.8, 4) is 0 Å². The lowest BCUT2D eigenvalue weighted by atomic mass is 10.0. The van der Waals surface area contributed by atoms with E-state index in [1.165, 1.54) is 0 Å². The zero-order chi connectivity index (χ0) is 56.0. The molecule has 1 aromatic carbocycles. The van der Waals surface area contributed by atoms with Crippen LogP contribution in [0.5, 0.6) is 0 Å². The van der Waals surface area contributed by atoms with Crippen LogP contribution in [0.3, 0.4) is 0 Å². The SMILES string of the molecule is CC(C)(C)OC(=O)CCCNC(=O)CCOCC(COCCC(=O)NCCCC(=O)OC(C)(C)C)(COCCC(=O)NCCCC(=O)OC(C)(C)C)NC(=O)CCCCCCCCCCC(=O)OCc1ccccc1. The average molecular weight is 1060 g/mol. The fraction of sp³-hybridized carbons (Fsp3) is 0.750. The maximum Gasteiger partial charge on any atom is 0.306 e. The molecule has 1 aromatic rings. The Balaban J connectivity index is 2.89. The number of hydrogen-bond acceptors (Lipinski definition) is 15. The summed E-state index contributed by atoms with van der Waals surface area (Å²) in [5, 5.41) is 11.4. The van der Waals surface area contributed by atoms with E-state index in [4.69, 9.17) is 33.2 Å². The summed E-state index contributed by atoms with van der Waals surface area (Å²) in [6, 6.07) is 9.59. The fourth-order valence-corrected chi connectivity index (χ4v) is 7.14. The van der Waals surface area contributed by atoms with Crippen molar-refractivity contribution in [2.24, 2.45) is 0 Å². The molecular weight excluding hydrogens is 969 g/mol. The number of carbonyl (C=O) groups is 8. The van der Waals surface area contributed by atoms with Gasteiger partial charge in [-0.1, -0.05) is 68.9 Å². The van der Waals surface area contributed by atoms with E-state index in [-0.39, 0.29) is 158 Å². The second kappa shape index (κ2) is 38.4. The topological polar surface area (TPSA) is 249 Å². The number of esters is 4. The van der Waals surface area contributed by atoms with Crippen molar-refractivity contribution in [3.05, 3.63) is 35.9 Å². The molecule has 75 heavy (non-hydrogen) atoms. The summed E-state index contributed by atoms with van der Waals surface area (Å²) in [6.07, 6.45) is 9.28. The van der Waals surface area contributed by atoms with E-state index < -0.39 is 22.3 Å². The van der Waals surface area contributed by atoms with E-state index >= 15 is 0 Å². The van der Waals surface area contributed by atoms with Gasteiger partial charge >= 0.3 is 23.9 Å². The van der Waals surface area contributed by atoms with Crippen molar-refractivity contribution in [2.75, 3.05) is 59.3 Å². The minimum Gasteiger partial charge on any atom is -0.461 e. The van der Waals surface area contributed by atoms with Crippen molar-refractivity contribution in [2.45, 2.75) is 213 Å². The van der Waals surface area contributed by atoms with Crippen LogP contribution in [0.2, 0.25) is 0 Å². The molecule has 4 amide bonds. The molecule has 0 aliphatic carbocycles. The Morgan fingerprint density at radius 3 is 1.08 bits per heavy atom. The van der Waals surface area contributed by atoms with E-state index in [2.05, 4.69) is 21.3 Å². The van der Waals surface area contributed by atoms with E-state index in [9.17, 15) is 38.4 Å². The van der Waals surface area contributed by atoms with Crippen molar-refractivity contribution in [1.29, 1.82) is 0 Å². The highest BCUT2D eigenvalue weighted by molar-refractivity contribution is 5.78. The Morgan fingerprint density at radius 1 is 0.387 bits per heavy atom. The summed E-state index contributed by atoms with van der Waals surface area (Å²) >= 11 is 0. The van der Waals surface area contributed by atoms with Gasteiger partial charge in [-0.2, -0.15) is 0 Å². The average Bonchev–Trinajstić information content (AvgIpc) is 3.31. The van der Waals surface area contributed by atoms with Gasteiger partial charge in [0.2, 0.25) is 23.6 Å². The molecule has 0 saturated heterocycles. The third kappa shape index (κ3) is 41.8. The number of hydrogen-bond donors (Lipinski definition) is 4. The molecule has 0 aliphatic rings. The summed E-state index contributed by atoms with van der Waals surface area (Å²) in [5.41, 5.74) is -2.14. The quantitative estimate of drug-likeness (QED) is 0.0283. The number of nitrogens with one attached hydrogen (secondary N) is 4. The van der Waals surface area contributed by atoms with Gasteiger partial charge in [-0.3, -0.25) is 38.4 Å². The minimum atomic E-state index is -1.29. The van der Waals surface area contributed by atoms with Gasteiger partial charge in [0.1, 0.15) is 28.9 Å². The number of ether oxygens (including phenoxy) is 7. The van der Waals surface area contributed by atoms with Crippen LogP contribution in [0.1, 0.15) is 190 Å². The van der Waals surface area contributed by atoms with Gasteiger partial charge in [-0.05, 0) is 100.0 Å². The maximum absolute atomic E-state index is 13.7. The third-order valence-electron chi connectivity index (χ3n) is 10.6. The molecule has 0 radical (unpaired) electrons. The minimum absolute atomic E-state index is 0.0122. The summed E-state index contributed by atoms with van der Waals surface area (Å²) in [5.74, 6) is -2.42. The molecule has 0 bridgehead atoms. The van der Waals surface area contributed by atoms with Gasteiger partial charge in [-0.25, -0.2) is 0 Å². The van der Waals surface area contributed by atoms with Crippen LogP contribution >= 0.6 is 0 Å². The van der Waals surface area contributed by atoms with E-state index in [0.717, 1.165) is 50.5 Å². The van der Waals surface area contributed by atoms with E-state index in [1.807, 2.05) is 30.3 Å². The normalized spacial score (nSPS) is 11.8. The fourth-order valence-electron chi connectivity index (χ4n) is 7.14. The standard InChI is InChI=1S/C56H94N4O15/c1-53(2,3)73-50(66)28-21-34-57-45(61)31-37-69-41-56(42-70-38-32-46(62)58-35-22-29-51(67)74-54(4,5)6,43-71-39-33-47(63)59-36-23-30-52(68)75-55(7,8)9)60-48(64)26-19-14-12-10-11-13-15-20-27-49(65)72-40-44-24-17-16-18-25-44/h16-18,24-25H,10-15,19-23,26-43H2,1-9H3,(H,57,61)(H,58,62)(H,59,63)(H,60,64). The van der Waals surface area contributed by atoms with Gasteiger partial charge in [0.25, 0.3) is 0 Å². The van der Waals surface area contributed by atoms with E-state index in [0.29, 0.717) is 32.1 Å². The second-order valence-electron chi connectivity index (χ2n) is 21.8. The summed E-state index contributed by atoms with van der Waals surface area (Å²) < 4.78 is 39.4. The van der Waals surface area contributed by atoms with Crippen molar-refractivity contribution in [1.82, 2.24) is 21.3 Å². The van der Waals surface area contributed by atoms with Gasteiger partial charge in [0.05, 0.1) is 39.6 Å². The number of unbranched alkanes of at least 4 members (excludes halogenated alkanes) is 7. The Kier molecular flexibility index (Phi) is 34.8. The molecule has 428 valence electrons. The van der Waals surface area contributed by atoms with Crippen LogP contribution in [0.25, 0.3) is 0 Å². The predicted molar refractivity (Wildman–Crippen MR) is 284 cm³/mol. The summed E-state index contributed by atoms with van der Waals surface area (Å²) in [7, 11) is 0. The number of benzene rings is 1. The monoisotopic (exact) mass is 1060 g/mol. The molecule has 0 heterocycles. The summed E-state index contributed by atoms with van der Waals surface area (Å²) in [6.45, 7) is 16.7. The van der Waals surface area contributed by atoms with Crippen LogP contribution in [-0.2, 0) is 78.1 Å². The molecule has 0 aliphatic heterocycles. The Morgan fingerprint density at radius 2 is 0.720 bits per heavy atom. The molecule has 0 saturated carbocycles. The zero-order valence-electron chi connectivity index (χ0n) is 47.0. The highest BCUT2D eigenvalue weighted by atomic mass is 16.6. The first-order valence-electron chi connectivity index (χ1n) is 27.0. The zero-order valence-corrected chi connectivity index (χ0v) is 47.0. The van der Waals surface area contributed by atoms with Gasteiger partial charge in [-0.15, -0.1) is 0 Å². The lowest BCUT2D eigenvalue weighted by molar-refractivity contribution is -0.156. The van der Waals surface area contributed by atoms with Crippen molar-refractivity contribution >= 4 is 47.5 Å². The van der Waals surface area contributed by atoms with Gasteiger partial charge in [0.15, 0.2) is 0 Å². The molecule has 1 rings (SSSR count). The third-order valence-corrected chi connectivity index (χ3v) is 10.6. The van der Waals surface area contributed by atoms with Crippen LogP contribution in [0, 0.1) is 0 Å². The van der Waals surface area contributed by atoms with Crippen LogP contribution in [0.15, 0.2) is 30.3 Å². The van der Waals surface area contributed by atoms with Crippen molar-refractivity contribution in [3.63, 3.8) is 0 Å². The molecule has 4 N–H and O–H groups in total. The largest absolute Gasteiger partial charge is 0.461 e. The molecule has 0 spiro atoms. The van der Waals surface area contributed by atoms with Crippen LogP contribution < -0.4 is 21.3 Å². The highest BCUT2D eigenvalue weighted by Gasteiger charge is 2.34. The highest BCUT2D eigenvalue weighted by Crippen LogP contribution is 2.16. The van der Waals surface area contributed by atoms with Crippen molar-refractivity contribution < 1.29 is 71.5 Å². The van der Waals surface area contributed by atoms with Gasteiger partial charge in [0, 0.05) is 71.0 Å². The number of rotatable bonds is 41. The number of carbonyl (C=O) groups excluding carboxylic acids is 8. The first-order chi connectivity index (χ1) is 35.4. The molecule has 0 atom stereocenters. The van der Waals surface area contributed by atoms with Crippen LogP contribution in [-0.4, -0.2) is 129 Å². The maximum atomic E-state index is 13.7. The van der Waals surface area contributed by atoms with Crippen LogP contribution in [0.4, 0.5) is 0 Å². The molecule has 19 nitrogen and oxygen atoms in total. The molecular formula is C56H94N4O15. The van der Waals surface area contributed by atoms with E-state index in [1.54, 1.807) is 62.3 Å². The lowest BCUT2D eigenvalue weighted by Crippen LogP contribution is -2.58. The second-order valence-corrected chi connectivity index (χ2v) is 21.8. The predicted octanol–water partition coefficient (Wildman–Crippen LogP) is 7.42. The summed E-state index contributed by atoms with van der Waals surface area (Å²) in [4.78, 5) is 100. The molecule has 0 aromatic heterocycles.